The second-order valence-corrected chi connectivity index (χ2v) is 9.56. The molecule has 0 aliphatic heterocycles. The van der Waals surface area contributed by atoms with Crippen LogP contribution in [0.4, 0.5) is 0 Å². The summed E-state index contributed by atoms with van der Waals surface area (Å²) in [5.74, 6) is 0. The van der Waals surface area contributed by atoms with E-state index in [1.54, 1.807) is 11.8 Å². The molecule has 2 heteroatoms. The standard InChI is InChI=1S/C21H27PS/c1-16-8-6-12-20(3,4)14-11-19(16)23-17(2)18-9-7-13-21(5,22)15-10-18/h6-11,13-15H,2,12,22H2,1,3-5H3. The first-order valence-electron chi connectivity index (χ1n) is 8.00. The van der Waals surface area contributed by atoms with Crippen molar-refractivity contribution in [2.75, 3.05) is 0 Å². The number of thioether (sulfide) groups is 1. The molecule has 0 fully saturated rings. The van der Waals surface area contributed by atoms with Crippen molar-refractivity contribution in [3.05, 3.63) is 82.2 Å². The lowest BCUT2D eigenvalue weighted by Crippen LogP contribution is -2.06. The van der Waals surface area contributed by atoms with E-state index in [0.29, 0.717) is 0 Å². The Morgan fingerprint density at radius 1 is 1.13 bits per heavy atom. The monoisotopic (exact) mass is 342 g/mol. The Morgan fingerprint density at radius 2 is 1.87 bits per heavy atom. The van der Waals surface area contributed by atoms with E-state index in [-0.39, 0.29) is 10.6 Å². The van der Waals surface area contributed by atoms with Gasteiger partial charge in [0.1, 0.15) is 0 Å². The van der Waals surface area contributed by atoms with Crippen LogP contribution in [0.15, 0.2) is 82.2 Å². The van der Waals surface area contributed by atoms with Gasteiger partial charge in [-0.05, 0) is 36.8 Å². The lowest BCUT2D eigenvalue weighted by molar-refractivity contribution is 0.488. The zero-order valence-electron chi connectivity index (χ0n) is 14.6. The van der Waals surface area contributed by atoms with E-state index in [1.807, 2.05) is 0 Å². The van der Waals surface area contributed by atoms with Gasteiger partial charge in [-0.25, -0.2) is 0 Å². The van der Waals surface area contributed by atoms with Crippen molar-refractivity contribution in [3.63, 3.8) is 0 Å². The molecule has 0 N–H and O–H groups in total. The molecule has 0 aromatic carbocycles. The number of hydrogen-bond acceptors (Lipinski definition) is 1. The Kier molecular flexibility index (Phi) is 5.76. The van der Waals surface area contributed by atoms with Gasteiger partial charge in [0.25, 0.3) is 0 Å². The molecule has 0 bridgehead atoms. The molecule has 0 radical (unpaired) electrons. The van der Waals surface area contributed by atoms with Gasteiger partial charge in [-0.15, -0.1) is 9.24 Å². The molecule has 0 aromatic heterocycles. The summed E-state index contributed by atoms with van der Waals surface area (Å²) >= 11 is 1.75. The lowest BCUT2D eigenvalue weighted by Gasteiger charge is -2.20. The van der Waals surface area contributed by atoms with E-state index in [2.05, 4.69) is 98.2 Å². The molecule has 2 aliphatic carbocycles. The molecule has 0 nitrogen and oxygen atoms in total. The maximum atomic E-state index is 4.30. The Hall–Kier alpha value is -1.04. The van der Waals surface area contributed by atoms with Crippen LogP contribution in [-0.2, 0) is 0 Å². The van der Waals surface area contributed by atoms with Crippen LogP contribution in [-0.4, -0.2) is 5.16 Å². The van der Waals surface area contributed by atoms with Gasteiger partial charge in [-0.2, -0.15) is 0 Å². The maximum Gasteiger partial charge on any atom is 0.0183 e. The van der Waals surface area contributed by atoms with Crippen molar-refractivity contribution in [3.8, 4) is 0 Å². The fourth-order valence-electron chi connectivity index (χ4n) is 2.35. The molecule has 2 rings (SSSR count). The first-order valence-corrected chi connectivity index (χ1v) is 9.39. The summed E-state index contributed by atoms with van der Waals surface area (Å²) in [6, 6.07) is 0. The third-order valence-electron chi connectivity index (χ3n) is 3.99. The van der Waals surface area contributed by atoms with Gasteiger partial charge in [0.2, 0.25) is 0 Å². The van der Waals surface area contributed by atoms with Crippen LogP contribution >= 0.6 is 21.0 Å². The topological polar surface area (TPSA) is 0 Å². The van der Waals surface area contributed by atoms with Crippen molar-refractivity contribution in [2.45, 2.75) is 39.3 Å². The fourth-order valence-corrected chi connectivity index (χ4v) is 3.45. The fraction of sp³-hybridized carbons (Fsp3) is 0.333. The number of allylic oxidation sites excluding steroid dienone is 11. The average Bonchev–Trinajstić information content (AvgIpc) is 2.62. The molecule has 0 heterocycles. The highest BCUT2D eigenvalue weighted by atomic mass is 32.2. The highest BCUT2D eigenvalue weighted by molar-refractivity contribution is 8.07. The Bertz CT molecular complexity index is 664. The van der Waals surface area contributed by atoms with Crippen LogP contribution in [0.2, 0.25) is 0 Å². The molecule has 2 atom stereocenters. The third-order valence-corrected chi connectivity index (χ3v) is 5.54. The minimum Gasteiger partial charge on any atom is -0.123 e. The Morgan fingerprint density at radius 3 is 2.61 bits per heavy atom. The molecular formula is C21H27PS. The Balaban J connectivity index is 2.21. The quantitative estimate of drug-likeness (QED) is 0.512. The SMILES string of the molecule is C=C(SC1=C(C)C=CCC(C)(C)C=C1)C1=CC=CC(C)(P)C=C1. The lowest BCUT2D eigenvalue weighted by atomic mass is 9.87. The van der Waals surface area contributed by atoms with Gasteiger partial charge in [-0.3, -0.25) is 0 Å². The van der Waals surface area contributed by atoms with Gasteiger partial charge < -0.3 is 0 Å². The maximum absolute atomic E-state index is 4.30. The molecule has 2 unspecified atom stereocenters. The highest BCUT2D eigenvalue weighted by Gasteiger charge is 2.16. The first-order chi connectivity index (χ1) is 10.7. The average molecular weight is 342 g/mol. The van der Waals surface area contributed by atoms with E-state index in [1.165, 1.54) is 16.1 Å². The minimum absolute atomic E-state index is 0.0191. The summed E-state index contributed by atoms with van der Waals surface area (Å²) < 4.78 is 0. The smallest absolute Gasteiger partial charge is 0.0183 e. The summed E-state index contributed by atoms with van der Waals surface area (Å²) in [5, 5.41) is 0.0191. The van der Waals surface area contributed by atoms with E-state index >= 15 is 0 Å². The highest BCUT2D eigenvalue weighted by Crippen LogP contribution is 2.37. The molecule has 0 saturated heterocycles. The molecule has 0 spiro atoms. The van der Waals surface area contributed by atoms with E-state index in [0.717, 1.165) is 11.3 Å². The number of hydrogen-bond donors (Lipinski definition) is 0. The third kappa shape index (κ3) is 5.52. The van der Waals surface area contributed by atoms with Crippen LogP contribution < -0.4 is 0 Å². The number of rotatable bonds is 3. The van der Waals surface area contributed by atoms with Crippen molar-refractivity contribution in [2.24, 2.45) is 5.41 Å². The van der Waals surface area contributed by atoms with Crippen LogP contribution in [0, 0.1) is 5.41 Å². The van der Waals surface area contributed by atoms with Crippen molar-refractivity contribution >= 4 is 21.0 Å². The van der Waals surface area contributed by atoms with Gasteiger partial charge in [0.15, 0.2) is 0 Å². The summed E-state index contributed by atoms with van der Waals surface area (Å²) in [7, 11) is 2.87. The van der Waals surface area contributed by atoms with Crippen molar-refractivity contribution in [1.29, 1.82) is 0 Å². The largest absolute Gasteiger partial charge is 0.123 e. The molecular weight excluding hydrogens is 315 g/mol. The molecule has 122 valence electrons. The van der Waals surface area contributed by atoms with Gasteiger partial charge in [0.05, 0.1) is 0 Å². The summed E-state index contributed by atoms with van der Waals surface area (Å²) in [5.41, 5.74) is 2.68. The van der Waals surface area contributed by atoms with Gasteiger partial charge in [-0.1, -0.05) is 86.9 Å². The van der Waals surface area contributed by atoms with Gasteiger partial charge >= 0.3 is 0 Å². The second-order valence-electron chi connectivity index (χ2n) is 7.18. The normalized spacial score (nSPS) is 26.6. The first kappa shape index (κ1) is 18.3. The molecule has 0 amide bonds. The van der Waals surface area contributed by atoms with Crippen LogP contribution in [0.25, 0.3) is 0 Å². The molecule has 23 heavy (non-hydrogen) atoms. The van der Waals surface area contributed by atoms with E-state index in [9.17, 15) is 0 Å². The van der Waals surface area contributed by atoms with Crippen LogP contribution in [0.3, 0.4) is 0 Å². The van der Waals surface area contributed by atoms with Crippen molar-refractivity contribution in [1.82, 2.24) is 0 Å². The van der Waals surface area contributed by atoms with E-state index in [4.69, 9.17) is 0 Å². The van der Waals surface area contributed by atoms with Gasteiger partial charge in [0, 0.05) is 15.0 Å². The zero-order valence-corrected chi connectivity index (χ0v) is 16.6. The molecule has 0 saturated carbocycles. The molecule has 2 aliphatic rings. The summed E-state index contributed by atoms with van der Waals surface area (Å²) in [6.45, 7) is 13.2. The predicted molar refractivity (Wildman–Crippen MR) is 111 cm³/mol. The van der Waals surface area contributed by atoms with Crippen LogP contribution in [0.1, 0.15) is 34.1 Å². The second kappa shape index (κ2) is 7.24. The van der Waals surface area contributed by atoms with Crippen molar-refractivity contribution < 1.29 is 0 Å². The zero-order chi connectivity index (χ0) is 17.1. The Labute approximate surface area is 148 Å². The van der Waals surface area contributed by atoms with Crippen LogP contribution in [0.5, 0.6) is 0 Å². The predicted octanol–water partition coefficient (Wildman–Crippen LogP) is 6.74. The molecule has 0 aromatic rings. The summed E-state index contributed by atoms with van der Waals surface area (Å²) in [6.07, 6.45) is 21.0. The summed E-state index contributed by atoms with van der Waals surface area (Å²) in [4.78, 5) is 2.36. The minimum atomic E-state index is 0.0191. The van der Waals surface area contributed by atoms with E-state index < -0.39 is 0 Å².